The number of ether oxygens (including phenoxy) is 2. The number of carbonyl (C=O) groups excluding carboxylic acids is 2. The molecule has 8 nitrogen and oxygen atoms in total. The van der Waals surface area contributed by atoms with Crippen molar-refractivity contribution >= 4 is 11.9 Å². The van der Waals surface area contributed by atoms with Gasteiger partial charge in [0, 0.05) is 6.54 Å². The lowest BCUT2D eigenvalue weighted by Gasteiger charge is -2.35. The minimum atomic E-state index is -0.655. The van der Waals surface area contributed by atoms with E-state index < -0.39 is 12.2 Å². The number of carbonyl (C=O) groups is 2. The van der Waals surface area contributed by atoms with E-state index in [0.29, 0.717) is 36.4 Å². The maximum absolute atomic E-state index is 13.4. The molecule has 0 aliphatic carbocycles. The molecule has 1 amide bonds. The standard InChI is InChI=1S/C22H22N4O4/c1-16-8-9-19(26-23-10-11-24-26)18(14-16)21(27)25-12-5-13-29-20(25)15-30-22(28)17-6-3-2-4-7-17/h2-4,6-11,14,20H,5,12-13,15H2,1H3. The van der Waals surface area contributed by atoms with Crippen LogP contribution in [0.25, 0.3) is 5.69 Å². The van der Waals surface area contributed by atoms with Gasteiger partial charge in [-0.15, -0.1) is 0 Å². The van der Waals surface area contributed by atoms with E-state index in [2.05, 4.69) is 10.2 Å². The highest BCUT2D eigenvalue weighted by atomic mass is 16.6. The third-order valence-electron chi connectivity index (χ3n) is 4.85. The maximum atomic E-state index is 13.4. The number of aryl methyl sites for hydroxylation is 1. The minimum absolute atomic E-state index is 0.0410. The van der Waals surface area contributed by atoms with E-state index in [-0.39, 0.29) is 12.5 Å². The molecule has 1 aromatic heterocycles. The molecule has 1 aliphatic rings. The lowest BCUT2D eigenvalue weighted by Crippen LogP contribution is -2.49. The molecule has 0 N–H and O–H groups in total. The van der Waals surface area contributed by atoms with Crippen LogP contribution in [-0.4, -0.2) is 57.8 Å². The molecule has 8 heteroatoms. The Morgan fingerprint density at radius 2 is 1.90 bits per heavy atom. The second-order valence-corrected chi connectivity index (χ2v) is 6.98. The summed E-state index contributed by atoms with van der Waals surface area (Å²) in [6.45, 7) is 2.88. The molecule has 1 atom stereocenters. The van der Waals surface area contributed by atoms with Crippen LogP contribution in [0.4, 0.5) is 0 Å². The lowest BCUT2D eigenvalue weighted by molar-refractivity contribution is -0.103. The predicted octanol–water partition coefficient (Wildman–Crippen LogP) is 2.62. The fourth-order valence-electron chi connectivity index (χ4n) is 3.35. The monoisotopic (exact) mass is 406 g/mol. The number of rotatable bonds is 5. The molecular weight excluding hydrogens is 384 g/mol. The van der Waals surface area contributed by atoms with Crippen molar-refractivity contribution in [1.29, 1.82) is 0 Å². The molecule has 0 bridgehead atoms. The summed E-state index contributed by atoms with van der Waals surface area (Å²) in [5.41, 5.74) is 2.45. The van der Waals surface area contributed by atoms with E-state index in [0.717, 1.165) is 5.56 Å². The molecule has 1 saturated heterocycles. The van der Waals surface area contributed by atoms with Gasteiger partial charge in [0.1, 0.15) is 6.61 Å². The van der Waals surface area contributed by atoms with E-state index in [1.807, 2.05) is 31.2 Å². The average Bonchev–Trinajstić information content (AvgIpc) is 3.32. The number of hydrogen-bond acceptors (Lipinski definition) is 6. The zero-order chi connectivity index (χ0) is 20.9. The van der Waals surface area contributed by atoms with Crippen LogP contribution < -0.4 is 0 Å². The average molecular weight is 406 g/mol. The van der Waals surface area contributed by atoms with Crippen molar-refractivity contribution in [3.05, 3.63) is 77.6 Å². The summed E-state index contributed by atoms with van der Waals surface area (Å²) in [4.78, 5) is 28.7. The highest BCUT2D eigenvalue weighted by molar-refractivity contribution is 5.98. The Bertz CT molecular complexity index is 1020. The number of nitrogens with zero attached hydrogens (tertiary/aromatic N) is 4. The molecule has 1 aliphatic heterocycles. The summed E-state index contributed by atoms with van der Waals surface area (Å²) in [5, 5.41) is 8.30. The Morgan fingerprint density at radius 1 is 1.13 bits per heavy atom. The summed E-state index contributed by atoms with van der Waals surface area (Å²) in [5.74, 6) is -0.666. The van der Waals surface area contributed by atoms with Crippen molar-refractivity contribution < 1.29 is 19.1 Å². The fourth-order valence-corrected chi connectivity index (χ4v) is 3.35. The van der Waals surface area contributed by atoms with Gasteiger partial charge in [-0.05, 0) is 37.6 Å². The van der Waals surface area contributed by atoms with E-state index >= 15 is 0 Å². The first-order valence-corrected chi connectivity index (χ1v) is 9.75. The Balaban J connectivity index is 1.54. The minimum Gasteiger partial charge on any atom is -0.457 e. The maximum Gasteiger partial charge on any atom is 0.338 e. The fraction of sp³-hybridized carbons (Fsp3) is 0.273. The second-order valence-electron chi connectivity index (χ2n) is 6.98. The van der Waals surface area contributed by atoms with Crippen molar-refractivity contribution in [2.75, 3.05) is 19.8 Å². The predicted molar refractivity (Wildman–Crippen MR) is 108 cm³/mol. The molecule has 2 heterocycles. The highest BCUT2D eigenvalue weighted by Gasteiger charge is 2.31. The van der Waals surface area contributed by atoms with Gasteiger partial charge in [0.15, 0.2) is 6.23 Å². The van der Waals surface area contributed by atoms with Crippen LogP contribution in [0.15, 0.2) is 60.9 Å². The van der Waals surface area contributed by atoms with Crippen LogP contribution in [0.5, 0.6) is 0 Å². The molecule has 0 spiro atoms. The molecule has 154 valence electrons. The van der Waals surface area contributed by atoms with Crippen molar-refractivity contribution in [2.24, 2.45) is 0 Å². The van der Waals surface area contributed by atoms with Gasteiger partial charge in [-0.1, -0.05) is 29.8 Å². The van der Waals surface area contributed by atoms with E-state index in [1.54, 1.807) is 41.6 Å². The number of amides is 1. The molecular formula is C22H22N4O4. The first-order chi connectivity index (χ1) is 14.6. The van der Waals surface area contributed by atoms with Gasteiger partial charge >= 0.3 is 5.97 Å². The van der Waals surface area contributed by atoms with Crippen LogP contribution in [0, 0.1) is 6.92 Å². The quantitative estimate of drug-likeness (QED) is 0.606. The molecule has 0 radical (unpaired) electrons. The Kier molecular flexibility index (Phi) is 5.85. The third-order valence-corrected chi connectivity index (χ3v) is 4.85. The lowest BCUT2D eigenvalue weighted by atomic mass is 10.1. The number of esters is 1. The van der Waals surface area contributed by atoms with Gasteiger partial charge in [0.2, 0.25) is 0 Å². The molecule has 1 fully saturated rings. The van der Waals surface area contributed by atoms with Gasteiger partial charge in [-0.25, -0.2) is 4.79 Å². The molecule has 0 saturated carbocycles. The van der Waals surface area contributed by atoms with Crippen molar-refractivity contribution in [3.63, 3.8) is 0 Å². The van der Waals surface area contributed by atoms with Crippen LogP contribution in [0.1, 0.15) is 32.7 Å². The van der Waals surface area contributed by atoms with Gasteiger partial charge < -0.3 is 14.4 Å². The SMILES string of the molecule is Cc1ccc(-n2nccn2)c(C(=O)N2CCCOC2COC(=O)c2ccccc2)c1. The zero-order valence-corrected chi connectivity index (χ0v) is 16.6. The molecule has 1 unspecified atom stereocenters. The third kappa shape index (κ3) is 4.23. The Morgan fingerprint density at radius 3 is 2.67 bits per heavy atom. The molecule has 2 aromatic carbocycles. The van der Waals surface area contributed by atoms with Gasteiger partial charge in [-0.3, -0.25) is 4.79 Å². The van der Waals surface area contributed by atoms with E-state index in [4.69, 9.17) is 9.47 Å². The van der Waals surface area contributed by atoms with E-state index in [9.17, 15) is 9.59 Å². The number of hydrogen-bond donors (Lipinski definition) is 0. The van der Waals surface area contributed by atoms with Crippen LogP contribution in [-0.2, 0) is 9.47 Å². The summed E-state index contributed by atoms with van der Waals surface area (Å²) < 4.78 is 11.2. The Labute approximate surface area is 174 Å². The van der Waals surface area contributed by atoms with Crippen molar-refractivity contribution in [3.8, 4) is 5.69 Å². The van der Waals surface area contributed by atoms with Crippen molar-refractivity contribution in [1.82, 2.24) is 19.9 Å². The molecule has 30 heavy (non-hydrogen) atoms. The van der Waals surface area contributed by atoms with Gasteiger partial charge in [-0.2, -0.15) is 15.0 Å². The van der Waals surface area contributed by atoms with Crippen molar-refractivity contribution in [2.45, 2.75) is 19.6 Å². The molecule has 4 rings (SSSR count). The summed E-state index contributed by atoms with van der Waals surface area (Å²) in [6.07, 6.45) is 3.17. The first kappa shape index (κ1) is 19.8. The zero-order valence-electron chi connectivity index (χ0n) is 16.6. The normalized spacial score (nSPS) is 16.3. The smallest absolute Gasteiger partial charge is 0.338 e. The molecule has 3 aromatic rings. The topological polar surface area (TPSA) is 86.6 Å². The van der Waals surface area contributed by atoms with Gasteiger partial charge in [0.25, 0.3) is 5.91 Å². The summed E-state index contributed by atoms with van der Waals surface area (Å²) >= 11 is 0. The largest absolute Gasteiger partial charge is 0.457 e. The number of aromatic nitrogens is 3. The second kappa shape index (κ2) is 8.87. The summed E-state index contributed by atoms with van der Waals surface area (Å²) in [6, 6.07) is 14.3. The first-order valence-electron chi connectivity index (χ1n) is 9.75. The van der Waals surface area contributed by atoms with Gasteiger partial charge in [0.05, 0.1) is 35.8 Å². The van der Waals surface area contributed by atoms with E-state index in [1.165, 1.54) is 4.80 Å². The van der Waals surface area contributed by atoms with Crippen LogP contribution in [0.3, 0.4) is 0 Å². The highest BCUT2D eigenvalue weighted by Crippen LogP contribution is 2.21. The van der Waals surface area contributed by atoms with Crippen LogP contribution >= 0.6 is 0 Å². The Hall–Kier alpha value is -3.52. The summed E-state index contributed by atoms with van der Waals surface area (Å²) in [7, 11) is 0. The van der Waals surface area contributed by atoms with Crippen LogP contribution in [0.2, 0.25) is 0 Å². The number of benzene rings is 2.